The molecule has 4 nitrogen and oxygen atoms in total. The highest BCUT2D eigenvalue weighted by molar-refractivity contribution is 5.60. The summed E-state index contributed by atoms with van der Waals surface area (Å²) in [7, 11) is 0. The van der Waals surface area contributed by atoms with Crippen LogP contribution >= 0.6 is 0 Å². The van der Waals surface area contributed by atoms with Crippen LogP contribution in [-0.2, 0) is 17.7 Å². The minimum atomic E-state index is -0.0383. The third-order valence-corrected chi connectivity index (χ3v) is 5.93. The molecule has 136 valence electrons. The highest BCUT2D eigenvalue weighted by Gasteiger charge is 2.31. The molecule has 0 radical (unpaired) electrons. The average molecular weight is 354 g/mol. The molecule has 2 aromatic rings. The summed E-state index contributed by atoms with van der Waals surface area (Å²) in [5, 5.41) is 0. The zero-order chi connectivity index (χ0) is 17.5. The Hall–Kier alpha value is -2.11. The number of nitrogens with zero attached hydrogens (tertiary/aromatic N) is 2. The van der Waals surface area contributed by atoms with Crippen LogP contribution in [0.2, 0.25) is 0 Å². The van der Waals surface area contributed by atoms with E-state index < -0.39 is 0 Å². The molecule has 1 atom stereocenters. The van der Waals surface area contributed by atoms with Crippen LogP contribution in [0.4, 0.5) is 10.1 Å². The first-order chi connectivity index (χ1) is 12.8. The minimum absolute atomic E-state index is 0.0383. The van der Waals surface area contributed by atoms with E-state index in [1.54, 1.807) is 6.07 Å². The van der Waals surface area contributed by atoms with Gasteiger partial charge in [-0.05, 0) is 35.7 Å². The van der Waals surface area contributed by atoms with Crippen molar-refractivity contribution in [1.82, 2.24) is 4.90 Å². The van der Waals surface area contributed by atoms with Crippen molar-refractivity contribution in [2.75, 3.05) is 44.2 Å². The maximum atomic E-state index is 13.7. The fourth-order valence-corrected chi connectivity index (χ4v) is 4.47. The molecule has 0 N–H and O–H groups in total. The van der Waals surface area contributed by atoms with E-state index in [0.29, 0.717) is 12.5 Å². The zero-order valence-electron chi connectivity index (χ0n) is 14.8. The summed E-state index contributed by atoms with van der Waals surface area (Å²) in [6.07, 6.45) is 1.78. The number of piperazine rings is 1. The van der Waals surface area contributed by atoms with Gasteiger partial charge in [-0.3, -0.25) is 4.90 Å². The van der Waals surface area contributed by atoms with Gasteiger partial charge in [0.15, 0.2) is 5.75 Å². The van der Waals surface area contributed by atoms with Crippen LogP contribution in [0.1, 0.15) is 22.6 Å². The lowest BCUT2D eigenvalue weighted by molar-refractivity contribution is -0.215. The van der Waals surface area contributed by atoms with Crippen LogP contribution in [0.25, 0.3) is 0 Å². The molecule has 0 spiro atoms. The molecule has 3 aliphatic rings. The van der Waals surface area contributed by atoms with E-state index in [0.717, 1.165) is 56.9 Å². The largest absolute Gasteiger partial charge is 0.369 e. The summed E-state index contributed by atoms with van der Waals surface area (Å²) in [6.45, 7) is 5.76. The Labute approximate surface area is 153 Å². The molecule has 26 heavy (non-hydrogen) atoms. The highest BCUT2D eigenvalue weighted by atomic mass is 19.1. The summed E-state index contributed by atoms with van der Waals surface area (Å²) in [6, 6.07) is 11.7. The van der Waals surface area contributed by atoms with Crippen LogP contribution in [0.15, 0.2) is 36.4 Å². The second-order valence-electron chi connectivity index (χ2n) is 7.41. The number of halogens is 1. The van der Waals surface area contributed by atoms with E-state index in [-0.39, 0.29) is 5.82 Å². The van der Waals surface area contributed by atoms with Gasteiger partial charge in [0.1, 0.15) is 5.82 Å². The van der Waals surface area contributed by atoms with Crippen molar-refractivity contribution < 1.29 is 14.2 Å². The molecule has 5 heteroatoms. The Morgan fingerprint density at radius 3 is 2.73 bits per heavy atom. The Morgan fingerprint density at radius 2 is 1.85 bits per heavy atom. The minimum Gasteiger partial charge on any atom is -0.369 e. The van der Waals surface area contributed by atoms with Crippen LogP contribution in [0.5, 0.6) is 5.75 Å². The maximum absolute atomic E-state index is 13.7. The smallest absolute Gasteiger partial charge is 0.170 e. The third-order valence-electron chi connectivity index (χ3n) is 5.93. The van der Waals surface area contributed by atoms with E-state index >= 15 is 0 Å². The molecule has 2 aromatic carbocycles. The Morgan fingerprint density at radius 1 is 1.00 bits per heavy atom. The van der Waals surface area contributed by atoms with Gasteiger partial charge in [0.25, 0.3) is 0 Å². The molecule has 2 heterocycles. The molecular weight excluding hydrogens is 331 g/mol. The standard InChI is InChI=1S/C21H23FN2O2/c22-19-4-1-3-16-15(13-18(16)19)14-23-8-10-24(11-9-23)20-5-2-6-21-17(20)7-12-25-26-21/h1-6,15H,7-14H2/t15-/m0/s1. The predicted molar refractivity (Wildman–Crippen MR) is 98.2 cm³/mol. The zero-order valence-corrected chi connectivity index (χ0v) is 14.8. The number of hydrogen-bond acceptors (Lipinski definition) is 4. The van der Waals surface area contributed by atoms with E-state index in [4.69, 9.17) is 9.78 Å². The quantitative estimate of drug-likeness (QED) is 0.791. The molecule has 0 bridgehead atoms. The number of hydrogen-bond donors (Lipinski definition) is 0. The Bertz CT molecular complexity index is 818. The predicted octanol–water partition coefficient (Wildman–Crippen LogP) is 3.15. The Balaban J connectivity index is 1.22. The van der Waals surface area contributed by atoms with Crippen molar-refractivity contribution in [2.24, 2.45) is 0 Å². The summed E-state index contributed by atoms with van der Waals surface area (Å²) >= 11 is 0. The van der Waals surface area contributed by atoms with Crippen molar-refractivity contribution in [3.05, 3.63) is 58.9 Å². The van der Waals surface area contributed by atoms with Gasteiger partial charge in [0.2, 0.25) is 0 Å². The lowest BCUT2D eigenvalue weighted by atomic mass is 9.77. The Kier molecular flexibility index (Phi) is 4.06. The molecule has 0 unspecified atom stereocenters. The molecular formula is C21H23FN2O2. The van der Waals surface area contributed by atoms with Crippen LogP contribution in [0.3, 0.4) is 0 Å². The molecule has 0 aromatic heterocycles. The van der Waals surface area contributed by atoms with Gasteiger partial charge in [0, 0.05) is 56.3 Å². The van der Waals surface area contributed by atoms with Crippen molar-refractivity contribution in [3.8, 4) is 5.75 Å². The van der Waals surface area contributed by atoms with E-state index in [1.165, 1.54) is 16.8 Å². The van der Waals surface area contributed by atoms with Gasteiger partial charge in [-0.15, -0.1) is 0 Å². The van der Waals surface area contributed by atoms with Crippen LogP contribution in [-0.4, -0.2) is 44.2 Å². The van der Waals surface area contributed by atoms with Gasteiger partial charge >= 0.3 is 0 Å². The molecule has 0 amide bonds. The normalized spacial score (nSPS) is 22.2. The number of anilines is 1. The lowest BCUT2D eigenvalue weighted by Gasteiger charge is -2.41. The first-order valence-electron chi connectivity index (χ1n) is 9.45. The van der Waals surface area contributed by atoms with Crippen LogP contribution < -0.4 is 9.79 Å². The molecule has 2 aliphatic heterocycles. The van der Waals surface area contributed by atoms with Gasteiger partial charge < -0.3 is 9.79 Å². The molecule has 5 rings (SSSR count). The SMILES string of the molecule is Fc1cccc2c1C[C@H]2CN1CCN(c2cccc3c2CCOO3)CC1. The lowest BCUT2D eigenvalue weighted by Crippen LogP contribution is -2.48. The number of fused-ring (bicyclic) bond motifs is 2. The summed E-state index contributed by atoms with van der Waals surface area (Å²) in [5.74, 6) is 1.30. The van der Waals surface area contributed by atoms with Gasteiger partial charge in [0.05, 0.1) is 6.61 Å². The van der Waals surface area contributed by atoms with Crippen LogP contribution in [0, 0.1) is 5.82 Å². The highest BCUT2D eigenvalue weighted by Crippen LogP contribution is 2.38. The topological polar surface area (TPSA) is 24.9 Å². The fraction of sp³-hybridized carbons (Fsp3) is 0.429. The summed E-state index contributed by atoms with van der Waals surface area (Å²) < 4.78 is 13.7. The van der Waals surface area contributed by atoms with Gasteiger partial charge in [-0.1, -0.05) is 18.2 Å². The summed E-state index contributed by atoms with van der Waals surface area (Å²) in [4.78, 5) is 15.4. The number of rotatable bonds is 3. The van der Waals surface area contributed by atoms with Crippen molar-refractivity contribution >= 4 is 5.69 Å². The van der Waals surface area contributed by atoms with Crippen molar-refractivity contribution in [1.29, 1.82) is 0 Å². The third kappa shape index (κ3) is 2.75. The molecule has 1 fully saturated rings. The fourth-order valence-electron chi connectivity index (χ4n) is 4.47. The van der Waals surface area contributed by atoms with Crippen molar-refractivity contribution in [2.45, 2.75) is 18.8 Å². The van der Waals surface area contributed by atoms with E-state index in [2.05, 4.69) is 21.9 Å². The first kappa shape index (κ1) is 16.1. The average Bonchev–Trinajstić information content (AvgIpc) is 2.67. The van der Waals surface area contributed by atoms with Gasteiger partial charge in [-0.2, -0.15) is 4.89 Å². The maximum Gasteiger partial charge on any atom is 0.170 e. The summed E-state index contributed by atoms with van der Waals surface area (Å²) in [5.41, 5.74) is 4.67. The van der Waals surface area contributed by atoms with Crippen molar-refractivity contribution in [3.63, 3.8) is 0 Å². The monoisotopic (exact) mass is 354 g/mol. The molecule has 1 aliphatic carbocycles. The van der Waals surface area contributed by atoms with E-state index in [1.807, 2.05) is 18.2 Å². The molecule has 0 saturated carbocycles. The second-order valence-corrected chi connectivity index (χ2v) is 7.41. The first-order valence-corrected chi connectivity index (χ1v) is 9.45. The second kappa shape index (κ2) is 6.56. The molecule has 1 saturated heterocycles. The van der Waals surface area contributed by atoms with E-state index in [9.17, 15) is 4.39 Å². The number of benzene rings is 2. The van der Waals surface area contributed by atoms with Gasteiger partial charge in [-0.25, -0.2) is 4.39 Å².